The first-order valence-electron chi connectivity index (χ1n) is 6.07. The molecule has 0 N–H and O–H groups in total. The van der Waals surface area contributed by atoms with Gasteiger partial charge in [-0.2, -0.15) is 0 Å². The van der Waals surface area contributed by atoms with E-state index in [-0.39, 0.29) is 0 Å². The first-order valence-corrected chi connectivity index (χ1v) is 6.45. The quantitative estimate of drug-likeness (QED) is 0.741. The van der Waals surface area contributed by atoms with Gasteiger partial charge in [0.25, 0.3) is 0 Å². The van der Waals surface area contributed by atoms with Crippen LogP contribution in [0.5, 0.6) is 0 Å². The van der Waals surface area contributed by atoms with Crippen LogP contribution in [0.1, 0.15) is 31.5 Å². The fourth-order valence-corrected chi connectivity index (χ4v) is 2.73. The molecule has 0 unspecified atom stereocenters. The number of aryl methyl sites for hydroxylation is 1. The molecular weight excluding hydrogens is 232 g/mol. The van der Waals surface area contributed by atoms with E-state index in [0.29, 0.717) is 5.92 Å². The van der Waals surface area contributed by atoms with E-state index >= 15 is 0 Å². The second-order valence-corrected chi connectivity index (χ2v) is 5.11. The number of rotatable bonds is 1. The third-order valence-corrected chi connectivity index (χ3v) is 3.76. The van der Waals surface area contributed by atoms with Gasteiger partial charge in [-0.25, -0.2) is 4.98 Å². The molecule has 3 heteroatoms. The van der Waals surface area contributed by atoms with Crippen LogP contribution in [-0.2, 0) is 6.54 Å². The molecule has 2 nitrogen and oxygen atoms in total. The predicted octanol–water partition coefficient (Wildman–Crippen LogP) is 4.10. The molecule has 1 aromatic carbocycles. The minimum atomic E-state index is 0.556. The first kappa shape index (κ1) is 10.8. The van der Waals surface area contributed by atoms with Crippen molar-refractivity contribution in [2.75, 3.05) is 0 Å². The van der Waals surface area contributed by atoms with Crippen molar-refractivity contribution in [1.82, 2.24) is 9.55 Å². The van der Waals surface area contributed by atoms with Gasteiger partial charge in [0.1, 0.15) is 5.82 Å². The highest BCUT2D eigenvalue weighted by molar-refractivity contribution is 6.33. The summed E-state index contributed by atoms with van der Waals surface area (Å²) in [5.41, 5.74) is 2.03. The monoisotopic (exact) mass is 246 g/mol. The summed E-state index contributed by atoms with van der Waals surface area (Å²) in [6.07, 6.45) is 4.61. The Morgan fingerprint density at radius 3 is 2.94 bits per heavy atom. The molecule has 1 aliphatic rings. The molecule has 0 saturated carbocycles. The molecule has 0 saturated heterocycles. The maximum absolute atomic E-state index is 6.21. The molecular formula is C14H15ClN2. The lowest BCUT2D eigenvalue weighted by atomic mass is 10.0. The highest BCUT2D eigenvalue weighted by atomic mass is 35.5. The van der Waals surface area contributed by atoms with Crippen molar-refractivity contribution >= 4 is 11.6 Å². The van der Waals surface area contributed by atoms with E-state index in [9.17, 15) is 0 Å². The number of hydrogen-bond acceptors (Lipinski definition) is 1. The zero-order chi connectivity index (χ0) is 11.8. The van der Waals surface area contributed by atoms with Crippen LogP contribution in [0.4, 0.5) is 0 Å². The SMILES string of the molecule is C[C@@H]1CCCn2cc(-c3ccccc3Cl)nc21. The third-order valence-electron chi connectivity index (χ3n) is 3.43. The Kier molecular flexibility index (Phi) is 2.67. The van der Waals surface area contributed by atoms with Crippen LogP contribution in [-0.4, -0.2) is 9.55 Å². The molecule has 3 rings (SSSR count). The van der Waals surface area contributed by atoms with Gasteiger partial charge in [-0.1, -0.05) is 36.7 Å². The molecule has 0 amide bonds. The van der Waals surface area contributed by atoms with Gasteiger partial charge in [0, 0.05) is 24.2 Å². The summed E-state index contributed by atoms with van der Waals surface area (Å²) in [6.45, 7) is 3.32. The highest BCUT2D eigenvalue weighted by Gasteiger charge is 2.20. The lowest BCUT2D eigenvalue weighted by molar-refractivity contribution is 0.463. The Hall–Kier alpha value is -1.28. The highest BCUT2D eigenvalue weighted by Crippen LogP contribution is 2.31. The Morgan fingerprint density at radius 2 is 2.18 bits per heavy atom. The fourth-order valence-electron chi connectivity index (χ4n) is 2.50. The summed E-state index contributed by atoms with van der Waals surface area (Å²) in [7, 11) is 0. The van der Waals surface area contributed by atoms with E-state index in [1.165, 1.54) is 18.7 Å². The van der Waals surface area contributed by atoms with Gasteiger partial charge < -0.3 is 4.57 Å². The Morgan fingerprint density at radius 1 is 1.35 bits per heavy atom. The van der Waals surface area contributed by atoms with Crippen molar-refractivity contribution in [1.29, 1.82) is 0 Å². The molecule has 0 spiro atoms. The molecule has 0 aliphatic carbocycles. The van der Waals surface area contributed by atoms with Crippen LogP contribution in [0.25, 0.3) is 11.3 Å². The minimum absolute atomic E-state index is 0.556. The maximum atomic E-state index is 6.21. The van der Waals surface area contributed by atoms with Gasteiger partial charge in [0.2, 0.25) is 0 Å². The van der Waals surface area contributed by atoms with E-state index in [4.69, 9.17) is 16.6 Å². The molecule has 0 bridgehead atoms. The zero-order valence-electron chi connectivity index (χ0n) is 9.86. The molecule has 1 atom stereocenters. The largest absolute Gasteiger partial charge is 0.334 e. The summed E-state index contributed by atoms with van der Waals surface area (Å²) >= 11 is 6.21. The molecule has 88 valence electrons. The van der Waals surface area contributed by atoms with Crippen LogP contribution in [0, 0.1) is 0 Å². The van der Waals surface area contributed by atoms with Gasteiger partial charge in [-0.15, -0.1) is 0 Å². The Labute approximate surface area is 106 Å². The standard InChI is InChI=1S/C14H15ClN2/c1-10-5-4-8-17-9-13(16-14(10)17)11-6-2-3-7-12(11)15/h2-3,6-7,9-10H,4-5,8H2,1H3/t10-/m1/s1. The van der Waals surface area contributed by atoms with Crippen LogP contribution in [0.15, 0.2) is 30.5 Å². The molecule has 1 aliphatic heterocycles. The smallest absolute Gasteiger partial charge is 0.112 e. The van der Waals surface area contributed by atoms with Gasteiger partial charge in [-0.05, 0) is 18.9 Å². The molecule has 0 radical (unpaired) electrons. The zero-order valence-corrected chi connectivity index (χ0v) is 10.6. The van der Waals surface area contributed by atoms with Crippen molar-refractivity contribution in [2.45, 2.75) is 32.2 Å². The van der Waals surface area contributed by atoms with Gasteiger partial charge in [-0.3, -0.25) is 0 Å². The minimum Gasteiger partial charge on any atom is -0.334 e. The fraction of sp³-hybridized carbons (Fsp3) is 0.357. The molecule has 1 aromatic heterocycles. The van der Waals surface area contributed by atoms with Gasteiger partial charge >= 0.3 is 0 Å². The number of halogens is 1. The number of benzene rings is 1. The van der Waals surface area contributed by atoms with Gasteiger partial charge in [0.05, 0.1) is 10.7 Å². The molecule has 0 fully saturated rings. The van der Waals surface area contributed by atoms with Crippen LogP contribution >= 0.6 is 11.6 Å². The van der Waals surface area contributed by atoms with E-state index in [1.54, 1.807) is 0 Å². The van der Waals surface area contributed by atoms with Crippen molar-refractivity contribution in [2.24, 2.45) is 0 Å². The molecule has 2 aromatic rings. The van der Waals surface area contributed by atoms with Crippen molar-refractivity contribution in [3.8, 4) is 11.3 Å². The summed E-state index contributed by atoms with van der Waals surface area (Å²) in [5, 5.41) is 0.774. The normalized spacial score (nSPS) is 19.1. The van der Waals surface area contributed by atoms with Gasteiger partial charge in [0.15, 0.2) is 0 Å². The predicted molar refractivity (Wildman–Crippen MR) is 70.3 cm³/mol. The lowest BCUT2D eigenvalue weighted by Gasteiger charge is -2.19. The maximum Gasteiger partial charge on any atom is 0.112 e. The van der Waals surface area contributed by atoms with Crippen molar-refractivity contribution in [3.63, 3.8) is 0 Å². The third kappa shape index (κ3) is 1.87. The lowest BCUT2D eigenvalue weighted by Crippen LogP contribution is -2.12. The topological polar surface area (TPSA) is 17.8 Å². The van der Waals surface area contributed by atoms with Crippen LogP contribution in [0.2, 0.25) is 5.02 Å². The summed E-state index contributed by atoms with van der Waals surface area (Å²) in [4.78, 5) is 4.74. The molecule has 2 heterocycles. The van der Waals surface area contributed by atoms with E-state index in [2.05, 4.69) is 17.7 Å². The van der Waals surface area contributed by atoms with Crippen molar-refractivity contribution < 1.29 is 0 Å². The molecule has 17 heavy (non-hydrogen) atoms. The average molecular weight is 247 g/mol. The van der Waals surface area contributed by atoms with Crippen LogP contribution in [0.3, 0.4) is 0 Å². The summed E-state index contributed by atoms with van der Waals surface area (Å²) in [5.74, 6) is 1.76. The first-order chi connectivity index (χ1) is 8.25. The Bertz CT molecular complexity index is 545. The Balaban J connectivity index is 2.08. The number of imidazole rings is 1. The van der Waals surface area contributed by atoms with E-state index in [0.717, 1.165) is 22.8 Å². The number of hydrogen-bond donors (Lipinski definition) is 0. The second kappa shape index (κ2) is 4.19. The van der Waals surface area contributed by atoms with E-state index in [1.807, 2.05) is 24.3 Å². The number of nitrogens with zero attached hydrogens (tertiary/aromatic N) is 2. The van der Waals surface area contributed by atoms with E-state index < -0.39 is 0 Å². The average Bonchev–Trinajstić information content (AvgIpc) is 2.75. The summed E-state index contributed by atoms with van der Waals surface area (Å²) < 4.78 is 2.27. The summed E-state index contributed by atoms with van der Waals surface area (Å²) in [6, 6.07) is 7.90. The van der Waals surface area contributed by atoms with Crippen LogP contribution < -0.4 is 0 Å². The number of aromatic nitrogens is 2. The van der Waals surface area contributed by atoms with Crippen molar-refractivity contribution in [3.05, 3.63) is 41.3 Å². The second-order valence-electron chi connectivity index (χ2n) is 4.70. The number of fused-ring (bicyclic) bond motifs is 1.